The summed E-state index contributed by atoms with van der Waals surface area (Å²) in [5.74, 6) is 0.555. The normalized spacial score (nSPS) is 12.0. The van der Waals surface area contributed by atoms with E-state index in [9.17, 15) is 14.0 Å². The topological polar surface area (TPSA) is 87.4 Å². The van der Waals surface area contributed by atoms with Gasteiger partial charge in [-0.25, -0.2) is 23.2 Å². The molecular formula is C18H22BrFN4O4. The van der Waals surface area contributed by atoms with E-state index in [0.717, 1.165) is 9.15 Å². The molecule has 2 rings (SSSR count). The molecule has 1 N–H and O–H groups in total. The molecule has 1 amide bonds. The number of ether oxygens (including phenoxy) is 2. The molecule has 152 valence electrons. The Balaban J connectivity index is 2.11. The van der Waals surface area contributed by atoms with Crippen molar-refractivity contribution in [1.82, 2.24) is 19.7 Å². The third-order valence-corrected chi connectivity index (χ3v) is 4.17. The molecule has 0 fully saturated rings. The van der Waals surface area contributed by atoms with Crippen LogP contribution in [0, 0.1) is 0 Å². The number of nitrogens with zero attached hydrogens (tertiary/aromatic N) is 3. The highest BCUT2D eigenvalue weighted by atomic mass is 79.9. The number of aromatic nitrogens is 3. The summed E-state index contributed by atoms with van der Waals surface area (Å²) < 4.78 is 26.5. The van der Waals surface area contributed by atoms with Gasteiger partial charge in [-0.2, -0.15) is 5.10 Å². The Bertz CT molecular complexity index is 930. The molecule has 0 atom stereocenters. The Morgan fingerprint density at radius 2 is 2.11 bits per heavy atom. The van der Waals surface area contributed by atoms with E-state index in [0.29, 0.717) is 17.8 Å². The van der Waals surface area contributed by atoms with E-state index in [1.807, 2.05) is 0 Å². The minimum absolute atomic E-state index is 0.0878. The summed E-state index contributed by atoms with van der Waals surface area (Å²) in [5, 5.41) is 6.60. The Hall–Kier alpha value is -2.62. The largest absolute Gasteiger partial charge is 0.495 e. The SMILES string of the molecule is COc1cc(-n2cnn(C/C(=C\F)COC(=O)NC(C)(C)C)c2=O)ccc1Br. The maximum atomic E-state index is 13.2. The van der Waals surface area contributed by atoms with E-state index < -0.39 is 17.3 Å². The molecule has 1 heterocycles. The van der Waals surface area contributed by atoms with Gasteiger partial charge < -0.3 is 14.8 Å². The van der Waals surface area contributed by atoms with Crippen molar-refractivity contribution in [1.29, 1.82) is 0 Å². The predicted molar refractivity (Wildman–Crippen MR) is 106 cm³/mol. The molecule has 0 saturated heterocycles. The van der Waals surface area contributed by atoms with Crippen molar-refractivity contribution < 1.29 is 18.7 Å². The monoisotopic (exact) mass is 456 g/mol. The first-order chi connectivity index (χ1) is 13.1. The minimum Gasteiger partial charge on any atom is -0.495 e. The molecule has 0 aliphatic heterocycles. The average Bonchev–Trinajstić information content (AvgIpc) is 2.98. The molecular weight excluding hydrogens is 435 g/mol. The third kappa shape index (κ3) is 5.69. The number of carbonyl (C=O) groups is 1. The highest BCUT2D eigenvalue weighted by Crippen LogP contribution is 2.26. The standard InChI is InChI=1S/C18H22BrFN4O4/c1-18(2,3)22-16(25)28-10-12(8-20)9-24-17(26)23(11-21-24)13-5-6-14(19)15(7-13)27-4/h5-8,11H,9-10H2,1-4H3,(H,22,25)/b12-8+. The molecule has 1 aromatic heterocycles. The summed E-state index contributed by atoms with van der Waals surface area (Å²) in [5.41, 5.74) is -0.312. The fourth-order valence-corrected chi connectivity index (χ4v) is 2.63. The predicted octanol–water partition coefficient (Wildman–Crippen LogP) is 3.18. The molecule has 0 saturated carbocycles. The average molecular weight is 457 g/mol. The fourth-order valence-electron chi connectivity index (χ4n) is 2.23. The molecule has 1 aromatic carbocycles. The molecule has 0 aliphatic rings. The first-order valence-electron chi connectivity index (χ1n) is 8.36. The summed E-state index contributed by atoms with van der Waals surface area (Å²) in [6, 6.07) is 5.13. The number of benzene rings is 1. The molecule has 0 aliphatic carbocycles. The lowest BCUT2D eigenvalue weighted by Crippen LogP contribution is -2.41. The highest BCUT2D eigenvalue weighted by Gasteiger charge is 2.16. The second kappa shape index (κ2) is 9.05. The summed E-state index contributed by atoms with van der Waals surface area (Å²) in [4.78, 5) is 24.3. The number of alkyl carbamates (subject to hydrolysis) is 1. The van der Waals surface area contributed by atoms with Crippen LogP contribution >= 0.6 is 15.9 Å². The molecule has 2 aromatic rings. The van der Waals surface area contributed by atoms with E-state index in [-0.39, 0.29) is 18.7 Å². The number of nitrogens with one attached hydrogen (secondary N) is 1. The Morgan fingerprint density at radius 3 is 2.71 bits per heavy atom. The molecule has 0 unspecified atom stereocenters. The smallest absolute Gasteiger partial charge is 0.407 e. The summed E-state index contributed by atoms with van der Waals surface area (Å²) in [6.07, 6.45) is 0.957. The number of amides is 1. The second-order valence-electron chi connectivity index (χ2n) is 6.98. The first-order valence-corrected chi connectivity index (χ1v) is 9.15. The molecule has 0 bridgehead atoms. The van der Waals surface area contributed by atoms with Crippen LogP contribution in [0.5, 0.6) is 5.75 Å². The molecule has 0 radical (unpaired) electrons. The summed E-state index contributed by atoms with van der Waals surface area (Å²) in [6.45, 7) is 4.93. The number of hydrogen-bond acceptors (Lipinski definition) is 5. The van der Waals surface area contributed by atoms with Gasteiger partial charge in [-0.05, 0) is 48.8 Å². The van der Waals surface area contributed by atoms with Crippen molar-refractivity contribution in [3.8, 4) is 11.4 Å². The van der Waals surface area contributed by atoms with Crippen LogP contribution in [0.2, 0.25) is 0 Å². The van der Waals surface area contributed by atoms with Crippen molar-refractivity contribution in [3.63, 3.8) is 0 Å². The zero-order valence-corrected chi connectivity index (χ0v) is 17.6. The van der Waals surface area contributed by atoms with Gasteiger partial charge in [0.2, 0.25) is 0 Å². The summed E-state index contributed by atoms with van der Waals surface area (Å²) in [7, 11) is 1.52. The van der Waals surface area contributed by atoms with Crippen LogP contribution in [0.4, 0.5) is 9.18 Å². The lowest BCUT2D eigenvalue weighted by atomic mass is 10.1. The minimum atomic E-state index is -0.674. The molecule has 10 heteroatoms. The van der Waals surface area contributed by atoms with E-state index in [4.69, 9.17) is 9.47 Å². The van der Waals surface area contributed by atoms with Gasteiger partial charge in [0, 0.05) is 17.2 Å². The zero-order valence-electron chi connectivity index (χ0n) is 16.0. The van der Waals surface area contributed by atoms with Crippen molar-refractivity contribution in [2.24, 2.45) is 0 Å². The maximum Gasteiger partial charge on any atom is 0.407 e. The van der Waals surface area contributed by atoms with Gasteiger partial charge in [0.15, 0.2) is 0 Å². The van der Waals surface area contributed by atoms with E-state index in [1.54, 1.807) is 39.0 Å². The van der Waals surface area contributed by atoms with Crippen LogP contribution in [0.25, 0.3) is 5.69 Å². The van der Waals surface area contributed by atoms with E-state index in [2.05, 4.69) is 26.3 Å². The van der Waals surface area contributed by atoms with Crippen LogP contribution in [-0.4, -0.2) is 39.7 Å². The number of methoxy groups -OCH3 is 1. The van der Waals surface area contributed by atoms with Crippen LogP contribution in [0.3, 0.4) is 0 Å². The highest BCUT2D eigenvalue weighted by molar-refractivity contribution is 9.10. The van der Waals surface area contributed by atoms with Gasteiger partial charge in [0.05, 0.1) is 30.1 Å². The first kappa shape index (κ1) is 21.7. The maximum absolute atomic E-state index is 13.2. The number of hydrogen-bond donors (Lipinski definition) is 1. The van der Waals surface area contributed by atoms with Gasteiger partial charge in [0.1, 0.15) is 18.7 Å². The van der Waals surface area contributed by atoms with Crippen LogP contribution in [0.1, 0.15) is 20.8 Å². The lowest BCUT2D eigenvalue weighted by molar-refractivity contribution is 0.145. The number of rotatable bonds is 6. The van der Waals surface area contributed by atoms with Gasteiger partial charge >= 0.3 is 11.8 Å². The van der Waals surface area contributed by atoms with Gasteiger partial charge in [0.25, 0.3) is 0 Å². The quantitative estimate of drug-likeness (QED) is 0.720. The van der Waals surface area contributed by atoms with Crippen molar-refractivity contribution in [2.45, 2.75) is 32.9 Å². The van der Waals surface area contributed by atoms with Crippen molar-refractivity contribution in [3.05, 3.63) is 51.4 Å². The van der Waals surface area contributed by atoms with Crippen LogP contribution in [0.15, 0.2) is 45.7 Å². The third-order valence-electron chi connectivity index (χ3n) is 3.52. The molecule has 8 nitrogen and oxygen atoms in total. The van der Waals surface area contributed by atoms with Crippen LogP contribution in [-0.2, 0) is 11.3 Å². The number of carbonyl (C=O) groups excluding carboxylic acids is 1. The molecule has 0 spiro atoms. The van der Waals surface area contributed by atoms with Crippen molar-refractivity contribution in [2.75, 3.05) is 13.7 Å². The Morgan fingerprint density at radius 1 is 1.39 bits per heavy atom. The van der Waals surface area contributed by atoms with Crippen molar-refractivity contribution >= 4 is 22.0 Å². The fraction of sp³-hybridized carbons (Fsp3) is 0.389. The Labute approximate surface area is 170 Å². The second-order valence-corrected chi connectivity index (χ2v) is 7.83. The Kier molecular flexibility index (Phi) is 7.00. The van der Waals surface area contributed by atoms with Gasteiger partial charge in [-0.15, -0.1) is 0 Å². The van der Waals surface area contributed by atoms with Crippen LogP contribution < -0.4 is 15.7 Å². The summed E-state index contributed by atoms with van der Waals surface area (Å²) >= 11 is 3.35. The number of halogens is 2. The zero-order chi connectivity index (χ0) is 20.9. The van der Waals surface area contributed by atoms with E-state index in [1.165, 1.54) is 18.0 Å². The molecule has 28 heavy (non-hydrogen) atoms. The van der Waals surface area contributed by atoms with Gasteiger partial charge in [-0.3, -0.25) is 0 Å². The lowest BCUT2D eigenvalue weighted by Gasteiger charge is -2.20. The van der Waals surface area contributed by atoms with E-state index >= 15 is 0 Å². The van der Waals surface area contributed by atoms with Gasteiger partial charge in [-0.1, -0.05) is 0 Å².